The Morgan fingerprint density at radius 3 is 2.11 bits per heavy atom. The summed E-state index contributed by atoms with van der Waals surface area (Å²) in [5, 5.41) is 9.95. The largest absolute Gasteiger partial charge is 0.508 e. The number of methoxy groups -OCH3 is 1. The van der Waals surface area contributed by atoms with Crippen molar-refractivity contribution >= 4 is 35.7 Å². The number of rotatable bonds is 2. The summed E-state index contributed by atoms with van der Waals surface area (Å²) in [6.45, 7) is 0. The van der Waals surface area contributed by atoms with Crippen LogP contribution in [0.2, 0.25) is 0 Å². The van der Waals surface area contributed by atoms with Crippen molar-refractivity contribution in [2.75, 3.05) is 7.11 Å². The number of benzene rings is 1. The van der Waals surface area contributed by atoms with Crippen LogP contribution in [0.1, 0.15) is 24.3 Å². The number of imide groups is 6. The number of nitrogens with two attached hydrogens (primary N) is 2. The van der Waals surface area contributed by atoms with Gasteiger partial charge < -0.3 is 21.3 Å². The lowest BCUT2D eigenvalue weighted by molar-refractivity contribution is -0.138. The monoisotopic (exact) mass is 482 g/mol. The van der Waals surface area contributed by atoms with Gasteiger partial charge in [0.2, 0.25) is 23.6 Å². The van der Waals surface area contributed by atoms with Crippen molar-refractivity contribution < 1.29 is 38.6 Å². The molecule has 5 rings (SSSR count). The van der Waals surface area contributed by atoms with Gasteiger partial charge in [0.1, 0.15) is 11.5 Å². The zero-order chi connectivity index (χ0) is 25.3. The highest BCUT2D eigenvalue weighted by Gasteiger charge is 2.63. The molecule has 0 spiro atoms. The molecule has 2 aliphatic heterocycles. The van der Waals surface area contributed by atoms with Gasteiger partial charge in [0.15, 0.2) is 0 Å². The van der Waals surface area contributed by atoms with Gasteiger partial charge in [-0.1, -0.05) is 17.7 Å². The molecule has 182 valence electrons. The number of ether oxygens (including phenoxy) is 1. The fourth-order valence-electron chi connectivity index (χ4n) is 6.33. The van der Waals surface area contributed by atoms with Crippen molar-refractivity contribution in [2.24, 2.45) is 41.1 Å². The van der Waals surface area contributed by atoms with Gasteiger partial charge in [-0.25, -0.2) is 9.59 Å². The molecule has 1 aromatic rings. The van der Waals surface area contributed by atoms with Gasteiger partial charge in [0.05, 0.1) is 30.8 Å². The van der Waals surface area contributed by atoms with Gasteiger partial charge in [-0.05, 0) is 24.8 Å². The number of carbonyl (C=O) groups is 6. The Labute approximate surface area is 198 Å². The second kappa shape index (κ2) is 7.65. The predicted molar refractivity (Wildman–Crippen MR) is 115 cm³/mol. The van der Waals surface area contributed by atoms with Crippen molar-refractivity contribution in [3.63, 3.8) is 0 Å². The van der Waals surface area contributed by atoms with Crippen LogP contribution >= 0.6 is 0 Å². The minimum Gasteiger partial charge on any atom is -0.508 e. The van der Waals surface area contributed by atoms with Crippen molar-refractivity contribution in [2.45, 2.75) is 18.8 Å². The Hall–Kier alpha value is -4.22. The summed E-state index contributed by atoms with van der Waals surface area (Å²) in [7, 11) is 1.38. The highest BCUT2D eigenvalue weighted by molar-refractivity contribution is 6.18. The zero-order valence-electron chi connectivity index (χ0n) is 18.5. The van der Waals surface area contributed by atoms with E-state index >= 15 is 0 Å². The van der Waals surface area contributed by atoms with Crippen molar-refractivity contribution in [1.82, 2.24) is 9.80 Å². The van der Waals surface area contributed by atoms with Crippen LogP contribution in [0, 0.1) is 29.6 Å². The quantitative estimate of drug-likeness (QED) is 0.393. The average Bonchev–Trinajstić information content (AvgIpc) is 3.21. The second-order valence-electron chi connectivity index (χ2n) is 9.15. The molecule has 0 aromatic heterocycles. The number of urea groups is 2. The van der Waals surface area contributed by atoms with E-state index in [9.17, 15) is 33.9 Å². The molecule has 12 heteroatoms. The number of allylic oxidation sites excluding steroid dienone is 2. The van der Waals surface area contributed by atoms with Crippen LogP contribution in [0.15, 0.2) is 29.8 Å². The molecular formula is C23H22N4O8. The summed E-state index contributed by atoms with van der Waals surface area (Å²) in [5.74, 6) is -8.10. The Kier molecular flexibility index (Phi) is 4.93. The number of fused-ring (bicyclic) bond motifs is 4. The fourth-order valence-corrected chi connectivity index (χ4v) is 6.33. The van der Waals surface area contributed by atoms with Gasteiger partial charge in [-0.3, -0.25) is 19.2 Å². The lowest BCUT2D eigenvalue weighted by Gasteiger charge is -2.44. The molecule has 8 amide bonds. The lowest BCUT2D eigenvalue weighted by atomic mass is 9.57. The van der Waals surface area contributed by atoms with Crippen molar-refractivity contribution in [3.05, 3.63) is 35.4 Å². The van der Waals surface area contributed by atoms with Gasteiger partial charge in [-0.15, -0.1) is 0 Å². The molecule has 0 radical (unpaired) electrons. The molecule has 2 saturated heterocycles. The van der Waals surface area contributed by atoms with Crippen molar-refractivity contribution in [1.29, 1.82) is 0 Å². The third-order valence-corrected chi connectivity index (χ3v) is 7.64. The van der Waals surface area contributed by atoms with Crippen LogP contribution in [0.4, 0.5) is 9.59 Å². The molecule has 5 N–H and O–H groups in total. The van der Waals surface area contributed by atoms with E-state index < -0.39 is 71.2 Å². The van der Waals surface area contributed by atoms with E-state index in [1.165, 1.54) is 19.2 Å². The zero-order valence-corrected chi connectivity index (χ0v) is 18.5. The number of hydrogen-bond acceptors (Lipinski definition) is 8. The molecule has 4 aliphatic rings. The van der Waals surface area contributed by atoms with E-state index in [1.807, 2.05) is 0 Å². The first kappa shape index (κ1) is 22.6. The van der Waals surface area contributed by atoms with E-state index in [2.05, 4.69) is 0 Å². The smallest absolute Gasteiger partial charge is 0.328 e. The van der Waals surface area contributed by atoms with Gasteiger partial charge in [-0.2, -0.15) is 9.80 Å². The topological polar surface area (TPSA) is 190 Å². The van der Waals surface area contributed by atoms with Crippen LogP contribution in [-0.4, -0.2) is 57.7 Å². The fraction of sp³-hybridized carbons (Fsp3) is 0.391. The number of amides is 8. The number of phenolic OH excluding ortho intramolecular Hbond substituents is 1. The van der Waals surface area contributed by atoms with Gasteiger partial charge >= 0.3 is 12.1 Å². The Bertz CT molecular complexity index is 1260. The number of likely N-dealkylation sites (tertiary alicyclic amines) is 2. The number of hydrogen-bond donors (Lipinski definition) is 3. The summed E-state index contributed by atoms with van der Waals surface area (Å²) in [4.78, 5) is 77.0. The maximum Gasteiger partial charge on any atom is 0.328 e. The van der Waals surface area contributed by atoms with Crippen LogP contribution < -0.4 is 16.2 Å². The molecule has 2 heterocycles. The van der Waals surface area contributed by atoms with Crippen LogP contribution in [0.3, 0.4) is 0 Å². The molecule has 3 fully saturated rings. The number of nitrogens with zero attached hydrogens (tertiary/aromatic N) is 2. The molecular weight excluding hydrogens is 460 g/mol. The first-order valence-electron chi connectivity index (χ1n) is 11.0. The summed E-state index contributed by atoms with van der Waals surface area (Å²) in [6.07, 6.45) is 1.88. The summed E-state index contributed by atoms with van der Waals surface area (Å²) < 4.78 is 5.44. The SMILES string of the molecule is COc1cc(O)ccc1C1C2=CCC3C(=O)N(C(N)=O)C(=O)C3C2CC2C(=O)N(C(N)=O)C(=O)C21. The Morgan fingerprint density at radius 1 is 0.914 bits per heavy atom. The van der Waals surface area contributed by atoms with E-state index in [4.69, 9.17) is 16.2 Å². The number of primary amides is 2. The molecule has 35 heavy (non-hydrogen) atoms. The molecule has 1 aromatic carbocycles. The van der Waals surface area contributed by atoms with Crippen LogP contribution in [-0.2, 0) is 19.2 Å². The highest BCUT2D eigenvalue weighted by Crippen LogP contribution is 2.58. The standard InChI is InChI=1S/C23H22N4O8/c1-35-14-6-8(28)2-3-10(14)15-9-4-5-11-16(20(31)26(18(11)29)22(24)33)12(9)7-13-17(15)21(32)27(19(13)30)23(25)34/h2-4,6,11-13,15-17,28H,5,7H2,1H3,(H2,24,33)(H2,25,34). The van der Waals surface area contributed by atoms with Crippen molar-refractivity contribution in [3.8, 4) is 11.5 Å². The van der Waals surface area contributed by atoms with E-state index in [-0.39, 0.29) is 24.3 Å². The maximum absolute atomic E-state index is 13.3. The van der Waals surface area contributed by atoms with E-state index in [0.717, 1.165) is 0 Å². The van der Waals surface area contributed by atoms with E-state index in [1.54, 1.807) is 12.1 Å². The molecule has 6 atom stereocenters. The third kappa shape index (κ3) is 2.98. The first-order chi connectivity index (χ1) is 16.6. The van der Waals surface area contributed by atoms with Crippen LogP contribution in [0.5, 0.6) is 11.5 Å². The number of phenols is 1. The predicted octanol–water partition coefficient (Wildman–Crippen LogP) is 0.194. The third-order valence-electron chi connectivity index (χ3n) is 7.64. The minimum absolute atomic E-state index is 0.00847. The summed E-state index contributed by atoms with van der Waals surface area (Å²) in [5.41, 5.74) is 11.7. The average molecular weight is 482 g/mol. The number of aromatic hydroxyl groups is 1. The minimum atomic E-state index is -1.20. The van der Waals surface area contributed by atoms with E-state index in [0.29, 0.717) is 20.9 Å². The molecule has 6 unspecified atom stereocenters. The number of carbonyl (C=O) groups excluding carboxylic acids is 6. The molecule has 2 aliphatic carbocycles. The summed E-state index contributed by atoms with van der Waals surface area (Å²) >= 11 is 0. The highest BCUT2D eigenvalue weighted by atomic mass is 16.5. The molecule has 1 saturated carbocycles. The Balaban J connectivity index is 1.69. The van der Waals surface area contributed by atoms with Gasteiger partial charge in [0, 0.05) is 17.5 Å². The lowest BCUT2D eigenvalue weighted by Crippen LogP contribution is -2.44. The normalized spacial score (nSPS) is 31.6. The molecule has 0 bridgehead atoms. The Morgan fingerprint density at radius 2 is 1.51 bits per heavy atom. The maximum atomic E-state index is 13.3. The van der Waals surface area contributed by atoms with Crippen LogP contribution in [0.25, 0.3) is 0 Å². The first-order valence-corrected chi connectivity index (χ1v) is 11.0. The second-order valence-corrected chi connectivity index (χ2v) is 9.15. The van der Waals surface area contributed by atoms with Gasteiger partial charge in [0.25, 0.3) is 0 Å². The molecule has 12 nitrogen and oxygen atoms in total. The summed E-state index contributed by atoms with van der Waals surface area (Å²) in [6, 6.07) is 1.93.